The number of hydrogen-bond donors (Lipinski definition) is 2. The standard InChI is InChI=1S/C12H20N2O2/c1-9(12(15-2)16-3)14-8-10-6-4-5-7-11(10)13/h4-7,9,12,14H,8,13H2,1-3H3. The van der Waals surface area contributed by atoms with Crippen LogP contribution in [0, 0.1) is 0 Å². The van der Waals surface area contributed by atoms with Gasteiger partial charge in [0.2, 0.25) is 0 Å². The Kier molecular flexibility index (Phi) is 5.25. The molecule has 3 N–H and O–H groups in total. The van der Waals surface area contributed by atoms with Crippen LogP contribution in [0.4, 0.5) is 5.69 Å². The van der Waals surface area contributed by atoms with E-state index in [2.05, 4.69) is 5.32 Å². The van der Waals surface area contributed by atoms with Crippen molar-refractivity contribution < 1.29 is 9.47 Å². The maximum atomic E-state index is 5.85. The molecule has 1 atom stereocenters. The number of nitrogens with two attached hydrogens (primary N) is 1. The van der Waals surface area contributed by atoms with Gasteiger partial charge < -0.3 is 20.5 Å². The summed E-state index contributed by atoms with van der Waals surface area (Å²) in [5, 5.41) is 3.31. The second-order valence-electron chi connectivity index (χ2n) is 3.71. The van der Waals surface area contributed by atoms with E-state index in [9.17, 15) is 0 Å². The molecule has 4 nitrogen and oxygen atoms in total. The van der Waals surface area contributed by atoms with Crippen LogP contribution in [-0.2, 0) is 16.0 Å². The summed E-state index contributed by atoms with van der Waals surface area (Å²) in [6.45, 7) is 2.72. The molecule has 0 bridgehead atoms. The predicted molar refractivity (Wildman–Crippen MR) is 65.0 cm³/mol. The molecule has 16 heavy (non-hydrogen) atoms. The van der Waals surface area contributed by atoms with E-state index in [1.54, 1.807) is 14.2 Å². The van der Waals surface area contributed by atoms with Crippen molar-refractivity contribution in [1.29, 1.82) is 0 Å². The minimum Gasteiger partial charge on any atom is -0.398 e. The molecule has 0 saturated heterocycles. The Balaban J connectivity index is 2.48. The monoisotopic (exact) mass is 224 g/mol. The molecule has 0 aliphatic heterocycles. The molecule has 1 aromatic rings. The summed E-state index contributed by atoms with van der Waals surface area (Å²) < 4.78 is 10.3. The van der Waals surface area contributed by atoms with Gasteiger partial charge in [0.05, 0.1) is 6.04 Å². The number of benzene rings is 1. The molecule has 0 aliphatic carbocycles. The smallest absolute Gasteiger partial charge is 0.171 e. The molecule has 0 aromatic heterocycles. The fraction of sp³-hybridized carbons (Fsp3) is 0.500. The molecule has 0 saturated carbocycles. The van der Waals surface area contributed by atoms with Crippen molar-refractivity contribution >= 4 is 5.69 Å². The third-order valence-electron chi connectivity index (χ3n) is 2.54. The van der Waals surface area contributed by atoms with Crippen molar-refractivity contribution in [2.45, 2.75) is 25.8 Å². The lowest BCUT2D eigenvalue weighted by Gasteiger charge is -2.22. The first kappa shape index (κ1) is 13.0. The van der Waals surface area contributed by atoms with E-state index >= 15 is 0 Å². The normalized spacial score (nSPS) is 13.0. The Labute approximate surface area is 96.7 Å². The van der Waals surface area contributed by atoms with Crippen LogP contribution in [0.1, 0.15) is 12.5 Å². The van der Waals surface area contributed by atoms with Crippen molar-refractivity contribution in [3.05, 3.63) is 29.8 Å². The number of hydrogen-bond acceptors (Lipinski definition) is 4. The third kappa shape index (κ3) is 3.48. The molecule has 0 aliphatic rings. The number of nitrogen functional groups attached to an aromatic ring is 1. The Bertz CT molecular complexity index is 314. The van der Waals surface area contributed by atoms with Crippen molar-refractivity contribution in [3.63, 3.8) is 0 Å². The average Bonchev–Trinajstić information content (AvgIpc) is 2.29. The molecular weight excluding hydrogens is 204 g/mol. The average molecular weight is 224 g/mol. The molecule has 1 unspecified atom stereocenters. The van der Waals surface area contributed by atoms with E-state index in [-0.39, 0.29) is 12.3 Å². The fourth-order valence-electron chi connectivity index (χ4n) is 1.57. The van der Waals surface area contributed by atoms with Crippen LogP contribution in [-0.4, -0.2) is 26.6 Å². The largest absolute Gasteiger partial charge is 0.398 e. The summed E-state index contributed by atoms with van der Waals surface area (Å²) in [6.07, 6.45) is -0.245. The number of rotatable bonds is 6. The lowest BCUT2D eigenvalue weighted by Crippen LogP contribution is -2.39. The summed E-state index contributed by atoms with van der Waals surface area (Å²) in [4.78, 5) is 0. The zero-order valence-electron chi connectivity index (χ0n) is 10.1. The quantitative estimate of drug-likeness (QED) is 0.566. The summed E-state index contributed by atoms with van der Waals surface area (Å²) in [6, 6.07) is 7.90. The van der Waals surface area contributed by atoms with Crippen LogP contribution in [0.3, 0.4) is 0 Å². The van der Waals surface area contributed by atoms with Crippen LogP contribution >= 0.6 is 0 Å². The van der Waals surface area contributed by atoms with E-state index in [0.717, 1.165) is 11.3 Å². The van der Waals surface area contributed by atoms with E-state index < -0.39 is 0 Å². The highest BCUT2D eigenvalue weighted by molar-refractivity contribution is 5.46. The van der Waals surface area contributed by atoms with Crippen LogP contribution < -0.4 is 11.1 Å². The molecule has 1 aromatic carbocycles. The Morgan fingerprint density at radius 2 is 1.88 bits per heavy atom. The van der Waals surface area contributed by atoms with Gasteiger partial charge in [0.1, 0.15) is 0 Å². The number of anilines is 1. The van der Waals surface area contributed by atoms with Gasteiger partial charge in [-0.2, -0.15) is 0 Å². The molecule has 0 spiro atoms. The number of nitrogens with one attached hydrogen (secondary N) is 1. The van der Waals surface area contributed by atoms with Gasteiger partial charge >= 0.3 is 0 Å². The first-order valence-electron chi connectivity index (χ1n) is 5.31. The van der Waals surface area contributed by atoms with Gasteiger partial charge in [-0.05, 0) is 18.6 Å². The lowest BCUT2D eigenvalue weighted by molar-refractivity contribution is -0.119. The van der Waals surface area contributed by atoms with Crippen molar-refractivity contribution in [3.8, 4) is 0 Å². The summed E-state index contributed by atoms with van der Waals surface area (Å²) in [5.74, 6) is 0. The van der Waals surface area contributed by atoms with Gasteiger partial charge in [-0.25, -0.2) is 0 Å². The molecule has 0 heterocycles. The second-order valence-corrected chi connectivity index (χ2v) is 3.71. The number of ether oxygens (including phenoxy) is 2. The number of methoxy groups -OCH3 is 2. The van der Waals surface area contributed by atoms with E-state index in [1.165, 1.54) is 0 Å². The van der Waals surface area contributed by atoms with Crippen LogP contribution in [0.5, 0.6) is 0 Å². The first-order chi connectivity index (χ1) is 7.69. The first-order valence-corrected chi connectivity index (χ1v) is 5.31. The van der Waals surface area contributed by atoms with Crippen molar-refractivity contribution in [2.75, 3.05) is 20.0 Å². The van der Waals surface area contributed by atoms with Gasteiger partial charge in [0.15, 0.2) is 6.29 Å². The third-order valence-corrected chi connectivity index (χ3v) is 2.54. The SMILES string of the molecule is COC(OC)C(C)NCc1ccccc1N. The topological polar surface area (TPSA) is 56.5 Å². The van der Waals surface area contributed by atoms with Gasteiger partial charge in [-0.1, -0.05) is 18.2 Å². The zero-order valence-corrected chi connectivity index (χ0v) is 10.1. The molecule has 0 fully saturated rings. The number of para-hydroxylation sites is 1. The maximum absolute atomic E-state index is 5.85. The maximum Gasteiger partial charge on any atom is 0.171 e. The van der Waals surface area contributed by atoms with E-state index in [4.69, 9.17) is 15.2 Å². The van der Waals surface area contributed by atoms with Gasteiger partial charge in [0.25, 0.3) is 0 Å². The lowest BCUT2D eigenvalue weighted by atomic mass is 10.1. The Morgan fingerprint density at radius 3 is 2.44 bits per heavy atom. The van der Waals surface area contributed by atoms with Gasteiger partial charge in [-0.3, -0.25) is 0 Å². The zero-order chi connectivity index (χ0) is 12.0. The minimum absolute atomic E-state index is 0.106. The highest BCUT2D eigenvalue weighted by Gasteiger charge is 2.14. The van der Waals surface area contributed by atoms with Gasteiger partial charge in [-0.15, -0.1) is 0 Å². The molecule has 90 valence electrons. The van der Waals surface area contributed by atoms with Crippen molar-refractivity contribution in [1.82, 2.24) is 5.32 Å². The molecular formula is C12H20N2O2. The van der Waals surface area contributed by atoms with Gasteiger partial charge in [0, 0.05) is 26.5 Å². The predicted octanol–water partition coefficient (Wildman–Crippen LogP) is 1.37. The summed E-state index contributed by atoms with van der Waals surface area (Å²) >= 11 is 0. The second kappa shape index (κ2) is 6.48. The summed E-state index contributed by atoms with van der Waals surface area (Å²) in [5.41, 5.74) is 7.73. The molecule has 0 radical (unpaired) electrons. The summed E-state index contributed by atoms with van der Waals surface area (Å²) in [7, 11) is 3.26. The minimum atomic E-state index is -0.245. The molecule has 4 heteroatoms. The van der Waals surface area contributed by atoms with E-state index in [0.29, 0.717) is 6.54 Å². The molecule has 0 amide bonds. The highest BCUT2D eigenvalue weighted by Crippen LogP contribution is 2.10. The van der Waals surface area contributed by atoms with Crippen LogP contribution in [0.15, 0.2) is 24.3 Å². The van der Waals surface area contributed by atoms with Crippen LogP contribution in [0.25, 0.3) is 0 Å². The Hall–Kier alpha value is -1.10. The Morgan fingerprint density at radius 1 is 1.25 bits per heavy atom. The molecule has 1 rings (SSSR count). The van der Waals surface area contributed by atoms with Crippen LogP contribution in [0.2, 0.25) is 0 Å². The highest BCUT2D eigenvalue weighted by atomic mass is 16.7. The fourth-order valence-corrected chi connectivity index (χ4v) is 1.57. The van der Waals surface area contributed by atoms with E-state index in [1.807, 2.05) is 31.2 Å². The van der Waals surface area contributed by atoms with Crippen molar-refractivity contribution in [2.24, 2.45) is 0 Å².